The Balaban J connectivity index is 2.85. The van der Waals surface area contributed by atoms with Crippen molar-refractivity contribution in [3.05, 3.63) is 24.5 Å². The molecule has 4 nitrogen and oxygen atoms in total. The van der Waals surface area contributed by atoms with Gasteiger partial charge in [-0.15, -0.1) is 0 Å². The summed E-state index contributed by atoms with van der Waals surface area (Å²) < 4.78 is 20.4. The number of pyridine rings is 1. The largest absolute Gasteiger partial charge is 0.289 e. The lowest BCUT2D eigenvalue weighted by atomic mass is 10.4. The highest BCUT2D eigenvalue weighted by molar-refractivity contribution is 7.80. The standard InChI is InChI=1S/C6H8N2O2S/c1-8(11(9)10)6-3-2-4-7-5-6/h2-5H,1H3,(H,9,10). The van der Waals surface area contributed by atoms with E-state index in [1.807, 2.05) is 0 Å². The molecular formula is C6H8N2O2S. The Labute approximate surface area is 67.3 Å². The normalized spacial score (nSPS) is 12.5. The maximum absolute atomic E-state index is 10.5. The van der Waals surface area contributed by atoms with Crippen LogP contribution < -0.4 is 4.31 Å². The second kappa shape index (κ2) is 3.45. The Morgan fingerprint density at radius 3 is 2.91 bits per heavy atom. The van der Waals surface area contributed by atoms with Crippen LogP contribution in [0, 0.1) is 0 Å². The van der Waals surface area contributed by atoms with Crippen LogP contribution in [0.25, 0.3) is 0 Å². The van der Waals surface area contributed by atoms with Crippen LogP contribution in [0.15, 0.2) is 24.5 Å². The van der Waals surface area contributed by atoms with Crippen molar-refractivity contribution in [2.75, 3.05) is 11.4 Å². The smallest absolute Gasteiger partial charge is 0.261 e. The first kappa shape index (κ1) is 8.16. The topological polar surface area (TPSA) is 53.4 Å². The highest BCUT2D eigenvalue weighted by Crippen LogP contribution is 2.09. The van der Waals surface area contributed by atoms with Crippen molar-refractivity contribution in [1.29, 1.82) is 0 Å². The van der Waals surface area contributed by atoms with Gasteiger partial charge in [-0.25, -0.2) is 4.21 Å². The van der Waals surface area contributed by atoms with Gasteiger partial charge < -0.3 is 0 Å². The number of nitrogens with zero attached hydrogens (tertiary/aromatic N) is 2. The van der Waals surface area contributed by atoms with E-state index in [0.29, 0.717) is 5.69 Å². The predicted molar refractivity (Wildman–Crippen MR) is 43.4 cm³/mol. The van der Waals surface area contributed by atoms with Gasteiger partial charge in [0.05, 0.1) is 11.9 Å². The summed E-state index contributed by atoms with van der Waals surface area (Å²) in [5.74, 6) is 0. The second-order valence-corrected chi connectivity index (χ2v) is 2.95. The van der Waals surface area contributed by atoms with Gasteiger partial charge in [-0.2, -0.15) is 0 Å². The van der Waals surface area contributed by atoms with Gasteiger partial charge >= 0.3 is 0 Å². The third-order valence-corrected chi connectivity index (χ3v) is 1.92. The third-order valence-electron chi connectivity index (χ3n) is 1.24. The fourth-order valence-corrected chi connectivity index (χ4v) is 0.919. The summed E-state index contributed by atoms with van der Waals surface area (Å²) in [5, 5.41) is 0. The van der Waals surface area contributed by atoms with Crippen LogP contribution in [0.1, 0.15) is 0 Å². The number of aromatic nitrogens is 1. The molecule has 1 aromatic rings. The maximum Gasteiger partial charge on any atom is 0.261 e. The second-order valence-electron chi connectivity index (χ2n) is 1.94. The third kappa shape index (κ3) is 1.99. The van der Waals surface area contributed by atoms with Crippen LogP contribution in [0.2, 0.25) is 0 Å². The molecule has 0 saturated heterocycles. The maximum atomic E-state index is 10.5. The van der Waals surface area contributed by atoms with E-state index in [4.69, 9.17) is 4.55 Å². The van der Waals surface area contributed by atoms with Gasteiger partial charge in [0.15, 0.2) is 0 Å². The molecule has 1 atom stereocenters. The van der Waals surface area contributed by atoms with Crippen LogP contribution in [-0.2, 0) is 11.3 Å². The molecule has 0 aliphatic carbocycles. The summed E-state index contributed by atoms with van der Waals surface area (Å²) in [7, 11) is 1.52. The molecule has 1 heterocycles. The van der Waals surface area contributed by atoms with Gasteiger partial charge in [-0.05, 0) is 12.1 Å². The average molecular weight is 172 g/mol. The van der Waals surface area contributed by atoms with E-state index < -0.39 is 11.3 Å². The van der Waals surface area contributed by atoms with Crippen molar-refractivity contribution in [2.24, 2.45) is 0 Å². The molecular weight excluding hydrogens is 164 g/mol. The molecule has 0 bridgehead atoms. The molecule has 0 spiro atoms. The van der Waals surface area contributed by atoms with E-state index in [-0.39, 0.29) is 0 Å². The van der Waals surface area contributed by atoms with E-state index in [9.17, 15) is 4.21 Å². The molecule has 0 aliphatic heterocycles. The quantitative estimate of drug-likeness (QED) is 0.666. The first-order valence-electron chi connectivity index (χ1n) is 2.96. The SMILES string of the molecule is CN(c1cccnc1)S(=O)O. The molecule has 0 saturated carbocycles. The highest BCUT2D eigenvalue weighted by atomic mass is 32.2. The molecule has 11 heavy (non-hydrogen) atoms. The molecule has 0 radical (unpaired) electrons. The zero-order chi connectivity index (χ0) is 8.27. The first-order valence-corrected chi connectivity index (χ1v) is 4.03. The molecule has 0 fully saturated rings. The zero-order valence-electron chi connectivity index (χ0n) is 5.97. The monoisotopic (exact) mass is 172 g/mol. The van der Waals surface area contributed by atoms with Crippen LogP contribution in [0.4, 0.5) is 5.69 Å². The van der Waals surface area contributed by atoms with Gasteiger partial charge in [-0.1, -0.05) is 0 Å². The van der Waals surface area contributed by atoms with Crippen LogP contribution in [0.3, 0.4) is 0 Å². The summed E-state index contributed by atoms with van der Waals surface area (Å²) >= 11 is -1.97. The van der Waals surface area contributed by atoms with Gasteiger partial charge in [0.2, 0.25) is 0 Å². The fourth-order valence-electron chi connectivity index (χ4n) is 0.630. The molecule has 0 aromatic carbocycles. The van der Waals surface area contributed by atoms with E-state index >= 15 is 0 Å². The summed E-state index contributed by atoms with van der Waals surface area (Å²) in [6.45, 7) is 0. The van der Waals surface area contributed by atoms with E-state index in [1.165, 1.54) is 17.5 Å². The molecule has 60 valence electrons. The summed E-state index contributed by atoms with van der Waals surface area (Å²) in [5.41, 5.74) is 0.619. The molecule has 1 rings (SSSR count). The van der Waals surface area contributed by atoms with Gasteiger partial charge in [0.25, 0.3) is 11.3 Å². The van der Waals surface area contributed by atoms with Crippen molar-refractivity contribution in [1.82, 2.24) is 4.98 Å². The number of rotatable bonds is 2. The van der Waals surface area contributed by atoms with E-state index in [2.05, 4.69) is 4.98 Å². The Morgan fingerprint density at radius 1 is 1.73 bits per heavy atom. The average Bonchev–Trinajstić information content (AvgIpc) is 2.05. The van der Waals surface area contributed by atoms with Crippen LogP contribution >= 0.6 is 0 Å². The molecule has 1 unspecified atom stereocenters. The number of hydrogen-bond acceptors (Lipinski definition) is 2. The molecule has 1 N–H and O–H groups in total. The minimum Gasteiger partial charge on any atom is -0.289 e. The number of anilines is 1. The summed E-state index contributed by atoms with van der Waals surface area (Å²) in [6, 6.07) is 3.42. The lowest BCUT2D eigenvalue weighted by molar-refractivity contribution is 0.562. The van der Waals surface area contributed by atoms with Gasteiger partial charge in [0.1, 0.15) is 0 Å². The van der Waals surface area contributed by atoms with E-state index in [1.54, 1.807) is 18.3 Å². The number of hydrogen-bond donors (Lipinski definition) is 1. The zero-order valence-corrected chi connectivity index (χ0v) is 6.78. The summed E-state index contributed by atoms with van der Waals surface area (Å²) in [4.78, 5) is 3.80. The molecule has 1 aromatic heterocycles. The molecule has 5 heteroatoms. The Morgan fingerprint density at radius 2 is 2.45 bits per heavy atom. The Hall–Kier alpha value is -0.940. The lowest BCUT2D eigenvalue weighted by Gasteiger charge is -2.11. The van der Waals surface area contributed by atoms with Crippen molar-refractivity contribution in [3.8, 4) is 0 Å². The minimum atomic E-state index is -1.97. The van der Waals surface area contributed by atoms with Gasteiger partial charge in [0, 0.05) is 13.2 Å². The fraction of sp³-hybridized carbons (Fsp3) is 0.167. The first-order chi connectivity index (χ1) is 5.22. The van der Waals surface area contributed by atoms with Crippen molar-refractivity contribution >= 4 is 17.0 Å². The van der Waals surface area contributed by atoms with Crippen LogP contribution in [-0.4, -0.2) is 20.8 Å². The van der Waals surface area contributed by atoms with Crippen molar-refractivity contribution < 1.29 is 8.76 Å². The molecule has 0 aliphatic rings. The Bertz CT molecular complexity index is 252. The lowest BCUT2D eigenvalue weighted by Crippen LogP contribution is -2.18. The minimum absolute atomic E-state index is 0.619. The molecule has 0 amide bonds. The van der Waals surface area contributed by atoms with Crippen molar-refractivity contribution in [2.45, 2.75) is 0 Å². The van der Waals surface area contributed by atoms with Crippen LogP contribution in [0.5, 0.6) is 0 Å². The highest BCUT2D eigenvalue weighted by Gasteiger charge is 2.03. The summed E-state index contributed by atoms with van der Waals surface area (Å²) in [6.07, 6.45) is 3.13. The Kier molecular flexibility index (Phi) is 2.56. The van der Waals surface area contributed by atoms with Gasteiger partial charge in [-0.3, -0.25) is 13.8 Å². The van der Waals surface area contributed by atoms with Crippen molar-refractivity contribution in [3.63, 3.8) is 0 Å². The predicted octanol–water partition coefficient (Wildman–Crippen LogP) is 0.654. The van der Waals surface area contributed by atoms with E-state index in [0.717, 1.165) is 0 Å².